The minimum atomic E-state index is -3.42. The highest BCUT2D eigenvalue weighted by Crippen LogP contribution is 2.12. The molecule has 10 nitrogen and oxygen atoms in total. The van der Waals surface area contributed by atoms with Gasteiger partial charge in [-0.25, -0.2) is 8.42 Å². The minimum Gasteiger partial charge on any atom is -0.361 e. The van der Waals surface area contributed by atoms with Crippen LogP contribution >= 0.6 is 0 Å². The molecule has 0 aromatic carbocycles. The van der Waals surface area contributed by atoms with Crippen LogP contribution in [0, 0.1) is 13.8 Å². The smallest absolute Gasteiger partial charge is 0.243 e. The van der Waals surface area contributed by atoms with Gasteiger partial charge >= 0.3 is 0 Å². The molecule has 0 aliphatic heterocycles. The van der Waals surface area contributed by atoms with E-state index in [2.05, 4.69) is 25.4 Å². The van der Waals surface area contributed by atoms with Crippen LogP contribution < -0.4 is 10.0 Å². The fraction of sp³-hybridized carbons (Fsp3) is 0.500. The molecule has 0 radical (unpaired) electrons. The number of amides is 1. The second-order valence-corrected chi connectivity index (χ2v) is 6.79. The predicted molar refractivity (Wildman–Crippen MR) is 81.2 cm³/mol. The highest BCUT2D eigenvalue weighted by molar-refractivity contribution is 7.92. The average Bonchev–Trinajstić information content (AvgIpc) is 2.97. The summed E-state index contributed by atoms with van der Waals surface area (Å²) in [4.78, 5) is 12.9. The molecule has 0 atom stereocenters. The molecule has 126 valence electrons. The second-order valence-electron chi connectivity index (χ2n) is 5.04. The molecule has 23 heavy (non-hydrogen) atoms. The minimum absolute atomic E-state index is 0.0658. The Hall–Kier alpha value is -2.43. The molecule has 0 unspecified atom stereocenters. The van der Waals surface area contributed by atoms with Gasteiger partial charge in [-0.3, -0.25) is 9.52 Å². The van der Waals surface area contributed by atoms with Crippen molar-refractivity contribution >= 4 is 21.7 Å². The van der Waals surface area contributed by atoms with Crippen LogP contribution in [0.3, 0.4) is 0 Å². The normalized spacial score (nSPS) is 11.4. The van der Waals surface area contributed by atoms with Crippen LogP contribution in [0.5, 0.6) is 0 Å². The maximum atomic E-state index is 11.8. The topological polar surface area (TPSA) is 132 Å². The summed E-state index contributed by atoms with van der Waals surface area (Å²) in [5.74, 6) is 0.524. The Morgan fingerprint density at radius 1 is 1.39 bits per heavy atom. The average molecular weight is 342 g/mol. The van der Waals surface area contributed by atoms with Gasteiger partial charge in [0, 0.05) is 12.1 Å². The number of carbonyl (C=O) groups is 1. The van der Waals surface area contributed by atoms with E-state index < -0.39 is 10.0 Å². The Morgan fingerprint density at radius 3 is 2.74 bits per heavy atom. The third-order valence-electron chi connectivity index (χ3n) is 2.99. The third-order valence-corrected chi connectivity index (χ3v) is 3.57. The fourth-order valence-electron chi connectivity index (χ4n) is 1.98. The Morgan fingerprint density at radius 2 is 2.13 bits per heavy atom. The van der Waals surface area contributed by atoms with E-state index in [0.717, 1.165) is 28.1 Å². The Bertz CT molecular complexity index is 775. The largest absolute Gasteiger partial charge is 0.361 e. The van der Waals surface area contributed by atoms with Crippen molar-refractivity contribution in [1.29, 1.82) is 0 Å². The van der Waals surface area contributed by atoms with Crippen LogP contribution in [0.1, 0.15) is 17.0 Å². The Labute approximate surface area is 133 Å². The number of hydrogen-bond acceptors (Lipinski definition) is 7. The summed E-state index contributed by atoms with van der Waals surface area (Å²) in [7, 11) is -3.42. The Kier molecular flexibility index (Phi) is 4.98. The number of rotatable bonds is 7. The van der Waals surface area contributed by atoms with Gasteiger partial charge in [-0.2, -0.15) is 9.90 Å². The van der Waals surface area contributed by atoms with Crippen molar-refractivity contribution in [1.82, 2.24) is 25.5 Å². The number of anilines is 1. The first kappa shape index (κ1) is 16.9. The second kappa shape index (κ2) is 6.77. The molecule has 2 heterocycles. The van der Waals surface area contributed by atoms with Crippen molar-refractivity contribution in [3.05, 3.63) is 23.2 Å². The van der Waals surface area contributed by atoms with Crippen molar-refractivity contribution < 1.29 is 17.7 Å². The van der Waals surface area contributed by atoms with Crippen LogP contribution in [0.25, 0.3) is 0 Å². The first-order valence-corrected chi connectivity index (χ1v) is 8.70. The molecule has 0 spiro atoms. The Balaban J connectivity index is 1.81. The summed E-state index contributed by atoms with van der Waals surface area (Å²) in [5.41, 5.74) is 1.78. The molecule has 1 amide bonds. The van der Waals surface area contributed by atoms with Crippen molar-refractivity contribution in [3.63, 3.8) is 0 Å². The van der Waals surface area contributed by atoms with Gasteiger partial charge in [0.2, 0.25) is 15.9 Å². The van der Waals surface area contributed by atoms with Gasteiger partial charge in [0.15, 0.2) is 5.82 Å². The molecule has 0 aliphatic rings. The van der Waals surface area contributed by atoms with E-state index in [1.807, 2.05) is 13.8 Å². The van der Waals surface area contributed by atoms with Crippen LogP contribution in [-0.2, 0) is 27.8 Å². The van der Waals surface area contributed by atoms with Crippen molar-refractivity contribution in [2.24, 2.45) is 0 Å². The van der Waals surface area contributed by atoms with Crippen LogP contribution in [-0.4, -0.2) is 47.3 Å². The molecule has 2 rings (SSSR count). The highest BCUT2D eigenvalue weighted by atomic mass is 32.2. The molecule has 0 bridgehead atoms. The van der Waals surface area contributed by atoms with E-state index in [-0.39, 0.29) is 18.3 Å². The zero-order valence-corrected chi connectivity index (χ0v) is 13.8. The molecular formula is C12H18N6O4S. The van der Waals surface area contributed by atoms with Gasteiger partial charge in [0.05, 0.1) is 18.1 Å². The predicted octanol–water partition coefficient (Wildman–Crippen LogP) is -0.387. The van der Waals surface area contributed by atoms with Crippen LogP contribution in [0.4, 0.5) is 5.82 Å². The molecule has 11 heteroatoms. The number of carbonyl (C=O) groups excluding carboxylic acids is 1. The SMILES string of the molecule is Cc1noc(C)c1CCNC(=O)Cn1ncc(NS(C)(=O)=O)n1. The molecule has 0 saturated heterocycles. The zero-order chi connectivity index (χ0) is 17.0. The molecule has 0 fully saturated rings. The van der Waals surface area contributed by atoms with Crippen LogP contribution in [0.2, 0.25) is 0 Å². The van der Waals surface area contributed by atoms with E-state index in [0.29, 0.717) is 13.0 Å². The lowest BCUT2D eigenvalue weighted by Crippen LogP contribution is -2.30. The van der Waals surface area contributed by atoms with Gasteiger partial charge in [0.1, 0.15) is 12.3 Å². The summed E-state index contributed by atoms with van der Waals surface area (Å²) in [5, 5.41) is 14.2. The number of nitrogens with zero attached hydrogens (tertiary/aromatic N) is 4. The fourth-order valence-corrected chi connectivity index (χ4v) is 2.45. The van der Waals surface area contributed by atoms with E-state index in [1.54, 1.807) is 0 Å². The number of aryl methyl sites for hydroxylation is 2. The summed E-state index contributed by atoms with van der Waals surface area (Å²) in [6.07, 6.45) is 2.85. The van der Waals surface area contributed by atoms with Crippen LogP contribution in [0.15, 0.2) is 10.7 Å². The van der Waals surface area contributed by atoms with Gasteiger partial charge in [-0.15, -0.1) is 5.10 Å². The van der Waals surface area contributed by atoms with Gasteiger partial charge in [-0.1, -0.05) is 5.16 Å². The molecule has 2 aromatic heterocycles. The van der Waals surface area contributed by atoms with E-state index in [1.165, 1.54) is 6.20 Å². The van der Waals surface area contributed by atoms with E-state index >= 15 is 0 Å². The monoisotopic (exact) mass is 342 g/mol. The standard InChI is InChI=1S/C12H18N6O4S/c1-8-10(9(2)22-16-8)4-5-13-12(19)7-18-14-6-11(15-18)17-23(3,20)21/h6H,4-5,7H2,1-3H3,(H,13,19)(H,15,17). The molecule has 0 aliphatic carbocycles. The first-order chi connectivity index (χ1) is 10.7. The maximum absolute atomic E-state index is 11.8. The first-order valence-electron chi connectivity index (χ1n) is 6.81. The van der Waals surface area contributed by atoms with Crippen molar-refractivity contribution in [2.75, 3.05) is 17.5 Å². The summed E-state index contributed by atoms with van der Waals surface area (Å²) in [6, 6.07) is 0. The quantitative estimate of drug-likeness (QED) is 0.700. The van der Waals surface area contributed by atoms with Crippen molar-refractivity contribution in [3.8, 4) is 0 Å². The lowest BCUT2D eigenvalue weighted by molar-refractivity contribution is -0.122. The third kappa shape index (κ3) is 5.06. The molecule has 0 saturated carbocycles. The van der Waals surface area contributed by atoms with Gasteiger partial charge in [-0.05, 0) is 20.3 Å². The summed E-state index contributed by atoms with van der Waals surface area (Å²) < 4.78 is 29.3. The van der Waals surface area contributed by atoms with Crippen molar-refractivity contribution in [2.45, 2.75) is 26.8 Å². The molecular weight excluding hydrogens is 324 g/mol. The molecule has 2 N–H and O–H groups in total. The number of nitrogens with one attached hydrogen (secondary N) is 2. The summed E-state index contributed by atoms with van der Waals surface area (Å²) in [6.45, 7) is 3.99. The van der Waals surface area contributed by atoms with E-state index in [9.17, 15) is 13.2 Å². The number of aromatic nitrogens is 4. The van der Waals surface area contributed by atoms with Gasteiger partial charge < -0.3 is 9.84 Å². The van der Waals surface area contributed by atoms with E-state index in [4.69, 9.17) is 4.52 Å². The lowest BCUT2D eigenvalue weighted by atomic mass is 10.1. The molecule has 2 aromatic rings. The zero-order valence-electron chi connectivity index (χ0n) is 13.0. The lowest BCUT2D eigenvalue weighted by Gasteiger charge is -2.04. The maximum Gasteiger partial charge on any atom is 0.243 e. The number of hydrogen-bond donors (Lipinski definition) is 2. The highest BCUT2D eigenvalue weighted by Gasteiger charge is 2.11. The van der Waals surface area contributed by atoms with Gasteiger partial charge in [0.25, 0.3) is 0 Å². The number of sulfonamides is 1. The summed E-state index contributed by atoms with van der Waals surface area (Å²) >= 11 is 0.